The minimum absolute atomic E-state index is 0.0398. The van der Waals surface area contributed by atoms with E-state index in [9.17, 15) is 13.2 Å². The Bertz CT molecular complexity index is 453. The first kappa shape index (κ1) is 15.7. The van der Waals surface area contributed by atoms with Crippen LogP contribution in [0.5, 0.6) is 0 Å². The van der Waals surface area contributed by atoms with Gasteiger partial charge in [-0.2, -0.15) is 0 Å². The maximum Gasteiger partial charge on any atom is 0.233 e. The molecule has 0 atom stereocenters. The molecule has 0 unspecified atom stereocenters. The lowest BCUT2D eigenvalue weighted by molar-refractivity contribution is -0.128. The van der Waals surface area contributed by atoms with E-state index in [1.807, 2.05) is 0 Å². The number of nitrogens with one attached hydrogen (secondary N) is 1. The van der Waals surface area contributed by atoms with Gasteiger partial charge in [0.15, 0.2) is 5.84 Å². The van der Waals surface area contributed by atoms with Crippen LogP contribution in [0.1, 0.15) is 32.1 Å². The molecule has 0 aromatic rings. The minimum Gasteiger partial charge on any atom is -0.409 e. The third-order valence-electron chi connectivity index (χ3n) is 3.50. The molecule has 1 saturated carbocycles. The number of nitrogens with zero attached hydrogens (tertiary/aromatic N) is 1. The fourth-order valence-corrected chi connectivity index (χ4v) is 2.84. The van der Waals surface area contributed by atoms with E-state index in [-0.39, 0.29) is 24.0 Å². The van der Waals surface area contributed by atoms with E-state index >= 15 is 0 Å². The van der Waals surface area contributed by atoms with Crippen LogP contribution in [0.15, 0.2) is 5.16 Å². The highest BCUT2D eigenvalue weighted by Crippen LogP contribution is 2.36. The van der Waals surface area contributed by atoms with E-state index in [4.69, 9.17) is 10.9 Å². The molecule has 0 radical (unpaired) electrons. The summed E-state index contributed by atoms with van der Waals surface area (Å²) in [6, 6.07) is 0. The molecule has 1 aliphatic carbocycles. The molecule has 0 saturated heterocycles. The molecule has 0 aliphatic heterocycles. The molecule has 4 N–H and O–H groups in total. The highest BCUT2D eigenvalue weighted by Gasteiger charge is 2.43. The molecule has 110 valence electrons. The van der Waals surface area contributed by atoms with Crippen molar-refractivity contribution >= 4 is 21.6 Å². The Morgan fingerprint density at radius 3 is 2.42 bits per heavy atom. The summed E-state index contributed by atoms with van der Waals surface area (Å²) in [5, 5.41) is 14.4. The Labute approximate surface area is 113 Å². The lowest BCUT2D eigenvalue weighted by Crippen LogP contribution is -2.51. The fourth-order valence-electron chi connectivity index (χ4n) is 2.37. The molecular weight excluding hydrogens is 270 g/mol. The van der Waals surface area contributed by atoms with E-state index in [0.29, 0.717) is 12.8 Å². The number of hydrogen-bond donors (Lipinski definition) is 3. The van der Waals surface area contributed by atoms with E-state index in [0.717, 1.165) is 25.5 Å². The van der Waals surface area contributed by atoms with Crippen LogP contribution in [0.4, 0.5) is 0 Å². The molecule has 8 heteroatoms. The highest BCUT2D eigenvalue weighted by molar-refractivity contribution is 7.90. The topological polar surface area (TPSA) is 122 Å². The normalized spacial score (nSPS) is 19.9. The van der Waals surface area contributed by atoms with Gasteiger partial charge in [-0.15, -0.1) is 0 Å². The van der Waals surface area contributed by atoms with Gasteiger partial charge < -0.3 is 16.3 Å². The van der Waals surface area contributed by atoms with E-state index in [1.54, 1.807) is 0 Å². The third-order valence-corrected chi connectivity index (χ3v) is 4.44. The molecule has 1 amide bonds. The molecule has 7 nitrogen and oxygen atoms in total. The van der Waals surface area contributed by atoms with Crippen LogP contribution in [-0.4, -0.2) is 43.9 Å². The predicted octanol–water partition coefficient (Wildman–Crippen LogP) is -0.156. The van der Waals surface area contributed by atoms with Gasteiger partial charge >= 0.3 is 0 Å². The van der Waals surface area contributed by atoms with Gasteiger partial charge in [0.25, 0.3) is 0 Å². The second-order valence-corrected chi connectivity index (χ2v) is 7.27. The Hall–Kier alpha value is -1.31. The average molecular weight is 291 g/mol. The second kappa shape index (κ2) is 6.23. The molecule has 0 aromatic carbocycles. The van der Waals surface area contributed by atoms with Crippen LogP contribution >= 0.6 is 0 Å². The molecular formula is C11H21N3O4S. The Kier molecular flexibility index (Phi) is 5.16. The number of sulfone groups is 1. The van der Waals surface area contributed by atoms with E-state index in [2.05, 4.69) is 10.5 Å². The molecule has 0 aromatic heterocycles. The summed E-state index contributed by atoms with van der Waals surface area (Å²) < 4.78 is 22.0. The molecule has 19 heavy (non-hydrogen) atoms. The van der Waals surface area contributed by atoms with Gasteiger partial charge in [0, 0.05) is 12.8 Å². The molecule has 1 fully saturated rings. The van der Waals surface area contributed by atoms with Crippen LogP contribution < -0.4 is 11.1 Å². The fraction of sp³-hybridized carbons (Fsp3) is 0.818. The number of oxime groups is 1. The van der Waals surface area contributed by atoms with Crippen molar-refractivity contribution in [1.82, 2.24) is 5.32 Å². The molecule has 0 bridgehead atoms. The largest absolute Gasteiger partial charge is 0.409 e. The van der Waals surface area contributed by atoms with Crippen molar-refractivity contribution in [1.29, 1.82) is 0 Å². The van der Waals surface area contributed by atoms with Gasteiger partial charge in [0.05, 0.1) is 5.75 Å². The third kappa shape index (κ3) is 4.09. The van der Waals surface area contributed by atoms with Gasteiger partial charge in [-0.05, 0) is 12.8 Å². The van der Waals surface area contributed by atoms with Crippen molar-refractivity contribution in [2.75, 3.05) is 18.6 Å². The van der Waals surface area contributed by atoms with Crippen LogP contribution in [0.2, 0.25) is 0 Å². The summed E-state index contributed by atoms with van der Waals surface area (Å²) in [6.07, 6.45) is 4.82. The summed E-state index contributed by atoms with van der Waals surface area (Å²) in [4.78, 5) is 12.2. The lowest BCUT2D eigenvalue weighted by atomic mass is 9.72. The summed E-state index contributed by atoms with van der Waals surface area (Å²) in [5.41, 5.74) is 4.67. The van der Waals surface area contributed by atoms with Crippen LogP contribution in [0, 0.1) is 5.41 Å². The number of carbonyl (C=O) groups excluding carboxylic acids is 1. The van der Waals surface area contributed by atoms with Crippen LogP contribution in [0.25, 0.3) is 0 Å². The van der Waals surface area contributed by atoms with E-state index in [1.165, 1.54) is 0 Å². The second-order valence-electron chi connectivity index (χ2n) is 5.01. The lowest BCUT2D eigenvalue weighted by Gasteiger charge is -2.34. The number of amidine groups is 1. The van der Waals surface area contributed by atoms with Gasteiger partial charge in [-0.25, -0.2) is 8.42 Å². The first-order valence-electron chi connectivity index (χ1n) is 6.26. The van der Waals surface area contributed by atoms with Crippen molar-refractivity contribution in [3.63, 3.8) is 0 Å². The first-order valence-corrected chi connectivity index (χ1v) is 8.32. The quantitative estimate of drug-likeness (QED) is 0.281. The molecule has 0 heterocycles. The van der Waals surface area contributed by atoms with Crippen molar-refractivity contribution in [2.24, 2.45) is 16.3 Å². The van der Waals surface area contributed by atoms with Crippen molar-refractivity contribution in [3.05, 3.63) is 0 Å². The average Bonchev–Trinajstić information content (AvgIpc) is 2.36. The highest BCUT2D eigenvalue weighted by atomic mass is 32.2. The zero-order valence-corrected chi connectivity index (χ0v) is 11.9. The molecule has 1 rings (SSSR count). The Morgan fingerprint density at radius 2 is 1.95 bits per heavy atom. The first-order chi connectivity index (χ1) is 8.82. The number of rotatable bonds is 5. The minimum atomic E-state index is -3.12. The van der Waals surface area contributed by atoms with Crippen molar-refractivity contribution in [3.8, 4) is 0 Å². The number of nitrogens with two attached hydrogens (primary N) is 1. The van der Waals surface area contributed by atoms with Gasteiger partial charge in [-0.1, -0.05) is 24.4 Å². The summed E-state index contributed by atoms with van der Waals surface area (Å²) in [7, 11) is -3.12. The van der Waals surface area contributed by atoms with Crippen molar-refractivity contribution in [2.45, 2.75) is 32.1 Å². The number of carbonyl (C=O) groups is 1. The Balaban J connectivity index is 2.73. The molecule has 1 aliphatic rings. The maximum absolute atomic E-state index is 12.2. The van der Waals surface area contributed by atoms with Gasteiger partial charge in [0.1, 0.15) is 15.3 Å². The monoisotopic (exact) mass is 291 g/mol. The van der Waals surface area contributed by atoms with Crippen molar-refractivity contribution < 1.29 is 18.4 Å². The summed E-state index contributed by atoms with van der Waals surface area (Å²) in [5.74, 6) is -0.569. The zero-order chi connectivity index (χ0) is 14.5. The van der Waals surface area contributed by atoms with Crippen LogP contribution in [0.3, 0.4) is 0 Å². The molecule has 0 spiro atoms. The standard InChI is InChI=1S/C11H21N3O4S/c1-19(17,18)8-7-13-10(15)11(9(12)14-16)5-3-2-4-6-11/h16H,2-8H2,1H3,(H2,12,14)(H,13,15). The maximum atomic E-state index is 12.2. The Morgan fingerprint density at radius 1 is 1.37 bits per heavy atom. The summed E-state index contributed by atoms with van der Waals surface area (Å²) in [6.45, 7) is 0.0398. The number of amides is 1. The van der Waals surface area contributed by atoms with Gasteiger partial charge in [0.2, 0.25) is 5.91 Å². The summed E-state index contributed by atoms with van der Waals surface area (Å²) >= 11 is 0. The van der Waals surface area contributed by atoms with Gasteiger partial charge in [-0.3, -0.25) is 4.79 Å². The van der Waals surface area contributed by atoms with E-state index < -0.39 is 15.3 Å². The number of hydrogen-bond acceptors (Lipinski definition) is 5. The smallest absolute Gasteiger partial charge is 0.233 e. The van der Waals surface area contributed by atoms with Crippen LogP contribution in [-0.2, 0) is 14.6 Å². The zero-order valence-electron chi connectivity index (χ0n) is 11.1. The SMILES string of the molecule is CS(=O)(=O)CCNC(=O)C1(C(N)=NO)CCCCC1. The predicted molar refractivity (Wildman–Crippen MR) is 71.6 cm³/mol.